The molecule has 14 heavy (non-hydrogen) atoms. The Labute approximate surface area is 93.2 Å². The van der Waals surface area contributed by atoms with Gasteiger partial charge in [-0.15, -0.1) is 0 Å². The molecule has 0 aromatic rings. The molecule has 0 aromatic carbocycles. The minimum absolute atomic E-state index is 0.438. The zero-order chi connectivity index (χ0) is 10.8. The van der Waals surface area contributed by atoms with Gasteiger partial charge in [-0.25, -0.2) is 0 Å². The molecule has 0 amide bonds. The van der Waals surface area contributed by atoms with Gasteiger partial charge < -0.3 is 10.6 Å². The fourth-order valence-electron chi connectivity index (χ4n) is 0.370. The van der Waals surface area contributed by atoms with Crippen molar-refractivity contribution >= 4 is 47.1 Å². The van der Waals surface area contributed by atoms with Crippen LogP contribution in [0.1, 0.15) is 0 Å². The van der Waals surface area contributed by atoms with Gasteiger partial charge in [0.05, 0.1) is 12.4 Å². The summed E-state index contributed by atoms with van der Waals surface area (Å²) in [7, 11) is 3.40. The molecule has 6 nitrogen and oxygen atoms in total. The molecule has 0 bridgehead atoms. The third-order valence-corrected chi connectivity index (χ3v) is 1.59. The lowest BCUT2D eigenvalue weighted by Crippen LogP contribution is -2.29. The van der Waals surface area contributed by atoms with E-state index in [1.54, 1.807) is 14.1 Å². The van der Waals surface area contributed by atoms with Crippen molar-refractivity contribution in [2.24, 2.45) is 10.2 Å². The first-order valence-corrected chi connectivity index (χ1v) is 4.52. The molecule has 0 aromatic heterocycles. The maximum absolute atomic E-state index is 4.77. The number of hydrogen-bond donors (Lipinski definition) is 4. The molecule has 0 heterocycles. The highest BCUT2D eigenvalue weighted by Crippen LogP contribution is 1.63. The maximum atomic E-state index is 4.77. The topological polar surface area (TPSA) is 72.8 Å². The van der Waals surface area contributed by atoms with Crippen molar-refractivity contribution < 1.29 is 0 Å². The summed E-state index contributed by atoms with van der Waals surface area (Å²) in [4.78, 5) is 0. The Kier molecular flexibility index (Phi) is 7.56. The van der Waals surface area contributed by atoms with E-state index in [0.717, 1.165) is 0 Å². The largest absolute Gasteiger partial charge is 0.364 e. The third-order valence-electron chi connectivity index (χ3n) is 1.00. The van der Waals surface area contributed by atoms with E-state index in [0.29, 0.717) is 10.2 Å². The second-order valence-corrected chi connectivity index (χ2v) is 2.75. The second kappa shape index (κ2) is 8.32. The summed E-state index contributed by atoms with van der Waals surface area (Å²) in [6.45, 7) is 0. The molecular weight excluding hydrogens is 220 g/mol. The van der Waals surface area contributed by atoms with Crippen molar-refractivity contribution in [1.82, 2.24) is 21.5 Å². The Balaban J connectivity index is 3.60. The lowest BCUT2D eigenvalue weighted by atomic mass is 10.8. The van der Waals surface area contributed by atoms with Crippen molar-refractivity contribution in [2.75, 3.05) is 14.1 Å². The van der Waals surface area contributed by atoms with E-state index in [1.165, 1.54) is 12.4 Å². The van der Waals surface area contributed by atoms with Gasteiger partial charge in [-0.3, -0.25) is 10.9 Å². The first-order chi connectivity index (χ1) is 6.70. The average Bonchev–Trinajstić information content (AvgIpc) is 2.22. The van der Waals surface area contributed by atoms with Gasteiger partial charge in [-0.1, -0.05) is 0 Å². The van der Waals surface area contributed by atoms with Crippen LogP contribution in [0.5, 0.6) is 0 Å². The van der Waals surface area contributed by atoms with Crippen LogP contribution in [0.25, 0.3) is 0 Å². The number of nitrogens with zero attached hydrogens (tertiary/aromatic N) is 2. The Morgan fingerprint density at radius 3 is 1.57 bits per heavy atom. The first-order valence-electron chi connectivity index (χ1n) is 3.71. The van der Waals surface area contributed by atoms with Crippen molar-refractivity contribution in [3.05, 3.63) is 0 Å². The third kappa shape index (κ3) is 7.37. The van der Waals surface area contributed by atoms with E-state index < -0.39 is 0 Å². The maximum Gasteiger partial charge on any atom is 0.186 e. The van der Waals surface area contributed by atoms with Crippen molar-refractivity contribution in [2.45, 2.75) is 0 Å². The molecule has 0 unspecified atom stereocenters. The summed E-state index contributed by atoms with van der Waals surface area (Å²) >= 11 is 9.53. The quantitative estimate of drug-likeness (QED) is 0.288. The fourth-order valence-corrected chi connectivity index (χ4v) is 0.476. The molecule has 78 valence electrons. The molecule has 0 atom stereocenters. The predicted molar refractivity (Wildman–Crippen MR) is 66.6 cm³/mol. The summed E-state index contributed by atoms with van der Waals surface area (Å²) in [5.74, 6) is 0. The lowest BCUT2D eigenvalue weighted by molar-refractivity contribution is 0.976. The normalized spacial score (nSPS) is 10.1. The molecule has 0 aliphatic rings. The van der Waals surface area contributed by atoms with Crippen molar-refractivity contribution in [3.8, 4) is 0 Å². The second-order valence-electron chi connectivity index (χ2n) is 1.94. The van der Waals surface area contributed by atoms with Crippen molar-refractivity contribution in [3.63, 3.8) is 0 Å². The number of hydrazone groups is 2. The predicted octanol–water partition coefficient (Wildman–Crippen LogP) is -0.854. The first kappa shape index (κ1) is 12.7. The Bertz CT molecular complexity index is 223. The molecular formula is C6H12N6S2. The smallest absolute Gasteiger partial charge is 0.186 e. The monoisotopic (exact) mass is 232 g/mol. The van der Waals surface area contributed by atoms with E-state index in [9.17, 15) is 0 Å². The van der Waals surface area contributed by atoms with E-state index in [2.05, 4.69) is 31.7 Å². The van der Waals surface area contributed by atoms with Crippen LogP contribution in [0, 0.1) is 0 Å². The van der Waals surface area contributed by atoms with Crippen LogP contribution in [0.3, 0.4) is 0 Å². The van der Waals surface area contributed by atoms with Gasteiger partial charge in [-0.2, -0.15) is 10.2 Å². The van der Waals surface area contributed by atoms with E-state index >= 15 is 0 Å². The molecule has 0 saturated carbocycles. The number of thiocarbonyl (C=S) groups is 2. The zero-order valence-corrected chi connectivity index (χ0v) is 9.50. The number of hydrogen-bond acceptors (Lipinski definition) is 4. The minimum Gasteiger partial charge on any atom is -0.364 e. The van der Waals surface area contributed by atoms with Crippen molar-refractivity contribution in [1.29, 1.82) is 0 Å². The van der Waals surface area contributed by atoms with Gasteiger partial charge >= 0.3 is 0 Å². The molecule has 0 aliphatic heterocycles. The average molecular weight is 232 g/mol. The van der Waals surface area contributed by atoms with Crippen LogP contribution in [0.2, 0.25) is 0 Å². The molecule has 4 N–H and O–H groups in total. The fraction of sp³-hybridized carbons (Fsp3) is 0.333. The molecule has 0 aliphatic carbocycles. The highest BCUT2D eigenvalue weighted by atomic mass is 32.1. The van der Waals surface area contributed by atoms with E-state index in [-0.39, 0.29) is 0 Å². The van der Waals surface area contributed by atoms with Gasteiger partial charge in [0.15, 0.2) is 10.2 Å². The standard InChI is InChI=1S/C6H12N6S2/c1-7-5(13)11-9-3-4-10-12-6(14)8-2/h3-4H,1-2H3,(H2,7,11,13)(H2,8,12,14)/b9-3+,10-4+. The zero-order valence-electron chi connectivity index (χ0n) is 7.87. The van der Waals surface area contributed by atoms with Crippen LogP contribution >= 0.6 is 24.4 Å². The highest BCUT2D eigenvalue weighted by Gasteiger charge is 1.83. The van der Waals surface area contributed by atoms with Gasteiger partial charge in [0.25, 0.3) is 0 Å². The van der Waals surface area contributed by atoms with Gasteiger partial charge in [0.1, 0.15) is 0 Å². The van der Waals surface area contributed by atoms with E-state index in [4.69, 9.17) is 24.4 Å². The minimum atomic E-state index is 0.438. The SMILES string of the molecule is CNC(=S)N/N=C/C=N/NC(=S)NC. The van der Waals surface area contributed by atoms with Crippen LogP contribution in [0.15, 0.2) is 10.2 Å². The molecule has 0 spiro atoms. The molecule has 0 fully saturated rings. The molecule has 0 saturated heterocycles. The van der Waals surface area contributed by atoms with Crippen LogP contribution < -0.4 is 21.5 Å². The van der Waals surface area contributed by atoms with Gasteiger partial charge in [-0.05, 0) is 24.4 Å². The highest BCUT2D eigenvalue weighted by molar-refractivity contribution is 7.80. The van der Waals surface area contributed by atoms with Crippen LogP contribution in [0.4, 0.5) is 0 Å². The van der Waals surface area contributed by atoms with Crippen LogP contribution in [-0.4, -0.2) is 36.7 Å². The molecule has 8 heteroatoms. The molecule has 0 rings (SSSR count). The van der Waals surface area contributed by atoms with Crippen LogP contribution in [-0.2, 0) is 0 Å². The Morgan fingerprint density at radius 1 is 0.929 bits per heavy atom. The van der Waals surface area contributed by atoms with Gasteiger partial charge in [0.2, 0.25) is 0 Å². The summed E-state index contributed by atoms with van der Waals surface area (Å²) < 4.78 is 0. The van der Waals surface area contributed by atoms with Gasteiger partial charge in [0, 0.05) is 14.1 Å². The number of nitrogens with one attached hydrogen (secondary N) is 4. The summed E-state index contributed by atoms with van der Waals surface area (Å²) in [6.07, 6.45) is 2.88. The molecule has 0 radical (unpaired) electrons. The van der Waals surface area contributed by atoms with E-state index in [1.807, 2.05) is 0 Å². The summed E-state index contributed by atoms with van der Waals surface area (Å²) in [5.41, 5.74) is 5.11. The summed E-state index contributed by atoms with van der Waals surface area (Å²) in [6, 6.07) is 0. The lowest BCUT2D eigenvalue weighted by Gasteiger charge is -1.98. The number of rotatable bonds is 3. The Hall–Kier alpha value is -1.28. The summed E-state index contributed by atoms with van der Waals surface area (Å²) in [5, 5.41) is 13.7. The Morgan fingerprint density at radius 2 is 1.29 bits per heavy atom.